The maximum atomic E-state index is 12.2. The van der Waals surface area contributed by atoms with Crippen LogP contribution in [0.4, 0.5) is 5.95 Å². The summed E-state index contributed by atoms with van der Waals surface area (Å²) in [7, 11) is 1.37. The predicted molar refractivity (Wildman–Crippen MR) is 161 cm³/mol. The van der Waals surface area contributed by atoms with E-state index in [4.69, 9.17) is 9.26 Å². The van der Waals surface area contributed by atoms with Crippen LogP contribution in [-0.2, 0) is 9.53 Å². The van der Waals surface area contributed by atoms with Gasteiger partial charge < -0.3 is 19.3 Å². The molecule has 1 aliphatic carbocycles. The molecule has 1 atom stereocenters. The van der Waals surface area contributed by atoms with Gasteiger partial charge in [-0.3, -0.25) is 4.79 Å². The molecule has 218 valence electrons. The van der Waals surface area contributed by atoms with Gasteiger partial charge in [0.05, 0.1) is 18.3 Å². The van der Waals surface area contributed by atoms with Crippen LogP contribution in [0, 0.1) is 5.92 Å². The highest BCUT2D eigenvalue weighted by Crippen LogP contribution is 2.33. The molecule has 1 saturated heterocycles. The molecule has 2 aliphatic rings. The average molecular weight is 569 g/mol. The summed E-state index contributed by atoms with van der Waals surface area (Å²) in [5.74, 6) is 0.852. The van der Waals surface area contributed by atoms with Crippen molar-refractivity contribution in [3.63, 3.8) is 0 Å². The van der Waals surface area contributed by atoms with Gasteiger partial charge in [-0.25, -0.2) is 9.97 Å². The Morgan fingerprint density at radius 1 is 1.02 bits per heavy atom. The van der Waals surface area contributed by atoms with Crippen LogP contribution in [0.5, 0.6) is 0 Å². The molecule has 1 aromatic carbocycles. The van der Waals surface area contributed by atoms with Gasteiger partial charge >= 0.3 is 5.97 Å². The van der Waals surface area contributed by atoms with Crippen LogP contribution >= 0.6 is 0 Å². The number of rotatable bonds is 7. The molecule has 0 bridgehead atoms. The van der Waals surface area contributed by atoms with E-state index in [0.29, 0.717) is 34.6 Å². The van der Waals surface area contributed by atoms with Crippen molar-refractivity contribution < 1.29 is 19.2 Å². The van der Waals surface area contributed by atoms with Gasteiger partial charge in [0.2, 0.25) is 5.95 Å². The lowest BCUT2D eigenvalue weighted by Crippen LogP contribution is -2.45. The number of nitrogens with zero attached hydrogens (tertiary/aromatic N) is 6. The lowest BCUT2D eigenvalue weighted by atomic mass is 9.90. The maximum absolute atomic E-state index is 12.2. The summed E-state index contributed by atoms with van der Waals surface area (Å²) in [6, 6.07) is 9.99. The van der Waals surface area contributed by atoms with Crippen LogP contribution < -0.4 is 4.90 Å². The number of esters is 1. The molecule has 10 nitrogen and oxygen atoms in total. The topological polar surface area (TPSA) is 127 Å². The van der Waals surface area contributed by atoms with Crippen molar-refractivity contribution in [2.45, 2.75) is 52.4 Å². The smallest absolute Gasteiger partial charge is 0.316 e. The molecular weight excluding hydrogens is 532 g/mol. The number of allylic oxidation sites excluding steroid dienone is 3. The second-order valence-corrected chi connectivity index (χ2v) is 10.6. The number of hydrogen-bond donors (Lipinski definition) is 1. The fourth-order valence-corrected chi connectivity index (χ4v) is 5.23. The van der Waals surface area contributed by atoms with Gasteiger partial charge in [0.15, 0.2) is 5.76 Å². The van der Waals surface area contributed by atoms with Crippen LogP contribution in [0.3, 0.4) is 0 Å². The third-order valence-electron chi connectivity index (χ3n) is 7.54. The number of benzene rings is 1. The summed E-state index contributed by atoms with van der Waals surface area (Å²) in [5, 5.41) is 24.1. The van der Waals surface area contributed by atoms with Gasteiger partial charge in [-0.05, 0) is 48.6 Å². The van der Waals surface area contributed by atoms with Gasteiger partial charge in [-0.1, -0.05) is 45.0 Å². The first-order valence-electron chi connectivity index (χ1n) is 14.4. The van der Waals surface area contributed by atoms with Gasteiger partial charge in [-0.2, -0.15) is 0 Å². The standard InChI is InChI=1S/C30H30N6O4.C2H6/c1-17(2)28(29(38)39-3)27-12-24(35-40-27)20-13-31-30(32-14-20)36-15-21(16-36)18-8-9-23-19(10-18)11-25(34-33-23)22-6-4-5-7-26(22)37;1-2/h6-14,17,21,28,37H,4-5,15-16H2,1-3H3;1-2H3. The van der Waals surface area contributed by atoms with Crippen LogP contribution in [0.1, 0.15) is 69.4 Å². The van der Waals surface area contributed by atoms with E-state index >= 15 is 0 Å². The third-order valence-corrected chi connectivity index (χ3v) is 7.54. The zero-order valence-electron chi connectivity index (χ0n) is 24.6. The Kier molecular flexibility index (Phi) is 8.61. The third kappa shape index (κ3) is 5.74. The number of methoxy groups -OCH3 is 1. The van der Waals surface area contributed by atoms with Crippen molar-refractivity contribution in [3.8, 4) is 11.3 Å². The lowest BCUT2D eigenvalue weighted by Gasteiger charge is -2.39. The van der Waals surface area contributed by atoms with Crippen molar-refractivity contribution in [2.24, 2.45) is 5.92 Å². The first-order chi connectivity index (χ1) is 20.4. The van der Waals surface area contributed by atoms with E-state index in [9.17, 15) is 9.90 Å². The Labute approximate surface area is 245 Å². The van der Waals surface area contributed by atoms with E-state index in [1.165, 1.54) is 12.7 Å². The predicted octanol–water partition coefficient (Wildman–Crippen LogP) is 6.24. The number of hydrogen-bond acceptors (Lipinski definition) is 10. The Bertz CT molecular complexity index is 1620. The SMILES string of the molecule is CC.COC(=O)C(c1cc(-c2cnc(N3CC(c4ccc5nnc(C6=CCCC=C6O)cc5c4)C3)nc2)no1)C(C)C. The second kappa shape index (κ2) is 12.5. The molecule has 4 heterocycles. The van der Waals surface area contributed by atoms with Gasteiger partial charge in [0, 0.05) is 54.0 Å². The first-order valence-corrected chi connectivity index (χ1v) is 14.4. The highest BCUT2D eigenvalue weighted by atomic mass is 16.5. The minimum atomic E-state index is -0.522. The molecule has 42 heavy (non-hydrogen) atoms. The molecule has 1 fully saturated rings. The van der Waals surface area contributed by atoms with E-state index in [2.05, 4.69) is 42.4 Å². The summed E-state index contributed by atoms with van der Waals surface area (Å²) in [5.41, 5.74) is 4.76. The van der Waals surface area contributed by atoms with Crippen LogP contribution in [0.2, 0.25) is 0 Å². The Hall–Kier alpha value is -4.60. The van der Waals surface area contributed by atoms with E-state index < -0.39 is 5.92 Å². The van der Waals surface area contributed by atoms with Crippen molar-refractivity contribution in [3.05, 3.63) is 77.7 Å². The van der Waals surface area contributed by atoms with E-state index in [1.807, 2.05) is 52.0 Å². The average Bonchev–Trinajstić information content (AvgIpc) is 3.47. The monoisotopic (exact) mass is 568 g/mol. The Balaban J connectivity index is 0.00000173. The number of aliphatic hydroxyl groups is 1. The van der Waals surface area contributed by atoms with E-state index in [-0.39, 0.29) is 17.6 Å². The number of anilines is 1. The molecule has 10 heteroatoms. The zero-order chi connectivity index (χ0) is 29.8. The van der Waals surface area contributed by atoms with Crippen molar-refractivity contribution in [2.75, 3.05) is 25.1 Å². The zero-order valence-corrected chi connectivity index (χ0v) is 24.6. The highest BCUT2D eigenvalue weighted by molar-refractivity contribution is 5.85. The van der Waals surface area contributed by atoms with Gasteiger partial charge in [-0.15, -0.1) is 10.2 Å². The summed E-state index contributed by atoms with van der Waals surface area (Å²) < 4.78 is 10.4. The van der Waals surface area contributed by atoms with Crippen LogP contribution in [-0.4, -0.2) is 56.6 Å². The number of fused-ring (bicyclic) bond motifs is 1. The molecule has 6 rings (SSSR count). The van der Waals surface area contributed by atoms with Crippen molar-refractivity contribution in [1.29, 1.82) is 0 Å². The van der Waals surface area contributed by atoms with Gasteiger partial charge in [0.1, 0.15) is 17.4 Å². The quantitative estimate of drug-likeness (QED) is 0.256. The number of ether oxygens (including phenoxy) is 1. The summed E-state index contributed by atoms with van der Waals surface area (Å²) in [6.07, 6.45) is 9.00. The number of carbonyl (C=O) groups excluding carboxylic acids is 1. The fraction of sp³-hybridized carbons (Fsp3) is 0.375. The highest BCUT2D eigenvalue weighted by Gasteiger charge is 2.31. The normalized spacial score (nSPS) is 15.8. The second-order valence-electron chi connectivity index (χ2n) is 10.6. The Morgan fingerprint density at radius 2 is 1.76 bits per heavy atom. The largest absolute Gasteiger partial charge is 0.508 e. The molecule has 0 saturated carbocycles. The van der Waals surface area contributed by atoms with Crippen LogP contribution in [0.15, 0.2) is 65.2 Å². The number of aliphatic hydroxyl groups excluding tert-OH is 1. The van der Waals surface area contributed by atoms with Crippen LogP contribution in [0.25, 0.3) is 27.7 Å². The first kappa shape index (κ1) is 28.9. The minimum Gasteiger partial charge on any atom is -0.508 e. The van der Waals surface area contributed by atoms with Crippen molar-refractivity contribution >= 4 is 28.4 Å². The summed E-state index contributed by atoms with van der Waals surface area (Å²) >= 11 is 0. The molecule has 1 aliphatic heterocycles. The minimum absolute atomic E-state index is 0.00339. The number of aromatic nitrogens is 5. The molecular formula is C32H36N6O4. The molecule has 0 amide bonds. The molecule has 4 aromatic rings. The lowest BCUT2D eigenvalue weighted by molar-refractivity contribution is -0.144. The summed E-state index contributed by atoms with van der Waals surface area (Å²) in [4.78, 5) is 23.4. The maximum Gasteiger partial charge on any atom is 0.316 e. The van der Waals surface area contributed by atoms with Gasteiger partial charge in [0.25, 0.3) is 0 Å². The molecule has 0 radical (unpaired) electrons. The van der Waals surface area contributed by atoms with Crippen molar-refractivity contribution in [1.82, 2.24) is 25.3 Å². The number of carbonyl (C=O) groups is 1. The fourth-order valence-electron chi connectivity index (χ4n) is 5.23. The summed E-state index contributed by atoms with van der Waals surface area (Å²) in [6.45, 7) is 9.47. The Morgan fingerprint density at radius 3 is 2.45 bits per heavy atom. The molecule has 1 unspecified atom stereocenters. The molecule has 3 aromatic heterocycles. The van der Waals surface area contributed by atoms with E-state index in [0.717, 1.165) is 42.4 Å². The molecule has 0 spiro atoms. The van der Waals surface area contributed by atoms with E-state index in [1.54, 1.807) is 18.5 Å². The molecule has 1 N–H and O–H groups in total.